The number of carbonyl (C=O) groups is 1. The molecule has 1 amide bonds. The molecule has 182 valence electrons. The van der Waals surface area contributed by atoms with Crippen molar-refractivity contribution in [1.82, 2.24) is 19.9 Å². The quantitative estimate of drug-likeness (QED) is 0.286. The molecule has 6 heteroatoms. The molecule has 0 unspecified atom stereocenters. The third-order valence-corrected chi connectivity index (χ3v) is 6.12. The van der Waals surface area contributed by atoms with Gasteiger partial charge in [-0.2, -0.15) is 0 Å². The Morgan fingerprint density at radius 3 is 2.74 bits per heavy atom. The highest BCUT2D eigenvalue weighted by molar-refractivity contribution is 5.93. The minimum absolute atomic E-state index is 0.116. The highest BCUT2D eigenvalue weighted by Crippen LogP contribution is 2.27. The number of rotatable bonds is 11. The van der Waals surface area contributed by atoms with Crippen molar-refractivity contribution in [1.29, 1.82) is 0 Å². The summed E-state index contributed by atoms with van der Waals surface area (Å²) in [6, 6.07) is 18.2. The Labute approximate surface area is 207 Å². The van der Waals surface area contributed by atoms with Crippen molar-refractivity contribution in [2.24, 2.45) is 0 Å². The zero-order valence-corrected chi connectivity index (χ0v) is 20.8. The number of fused-ring (bicyclic) bond motifs is 1. The second-order valence-corrected chi connectivity index (χ2v) is 9.17. The summed E-state index contributed by atoms with van der Waals surface area (Å²) in [6.45, 7) is 8.56. The summed E-state index contributed by atoms with van der Waals surface area (Å²) >= 11 is 0. The van der Waals surface area contributed by atoms with Crippen LogP contribution in [-0.4, -0.2) is 33.6 Å². The fourth-order valence-corrected chi connectivity index (χ4v) is 4.25. The second kappa shape index (κ2) is 11.6. The maximum Gasteiger partial charge on any atom is 0.252 e. The lowest BCUT2D eigenvalue weighted by Crippen LogP contribution is -2.26. The van der Waals surface area contributed by atoms with Crippen LogP contribution in [0.1, 0.15) is 59.9 Å². The van der Waals surface area contributed by atoms with Gasteiger partial charge in [0.05, 0.1) is 23.2 Å². The number of carbonyl (C=O) groups excluding carboxylic acids is 1. The van der Waals surface area contributed by atoms with Crippen LogP contribution in [0.15, 0.2) is 67.0 Å². The lowest BCUT2D eigenvalue weighted by atomic mass is 10.0. The molecule has 0 fully saturated rings. The summed E-state index contributed by atoms with van der Waals surface area (Å²) in [5.74, 6) is 2.30. The molecule has 0 spiro atoms. The molecule has 0 saturated carbocycles. The predicted octanol–water partition coefficient (Wildman–Crippen LogP) is 5.69. The Hall–Kier alpha value is -3.67. The largest absolute Gasteiger partial charge is 0.493 e. The van der Waals surface area contributed by atoms with Crippen LogP contribution in [0.4, 0.5) is 0 Å². The number of aromatic nitrogens is 3. The molecule has 2 heterocycles. The molecule has 0 aliphatic heterocycles. The number of benzene rings is 2. The molecule has 4 aromatic rings. The van der Waals surface area contributed by atoms with Crippen molar-refractivity contribution in [3.05, 3.63) is 89.5 Å². The van der Waals surface area contributed by atoms with Crippen molar-refractivity contribution < 1.29 is 9.53 Å². The van der Waals surface area contributed by atoms with Crippen LogP contribution < -0.4 is 10.1 Å². The highest BCUT2D eigenvalue weighted by Gasteiger charge is 2.12. The summed E-state index contributed by atoms with van der Waals surface area (Å²) in [4.78, 5) is 21.2. The van der Waals surface area contributed by atoms with E-state index in [4.69, 9.17) is 9.72 Å². The first-order valence-electron chi connectivity index (χ1n) is 12.4. The van der Waals surface area contributed by atoms with Gasteiger partial charge in [-0.15, -0.1) is 0 Å². The normalized spacial score (nSPS) is 11.2. The number of hydrogen-bond acceptors (Lipinski definition) is 4. The van der Waals surface area contributed by atoms with Crippen molar-refractivity contribution in [2.75, 3.05) is 13.2 Å². The molecule has 0 bridgehead atoms. The van der Waals surface area contributed by atoms with Crippen LogP contribution in [-0.2, 0) is 13.0 Å². The van der Waals surface area contributed by atoms with Crippen LogP contribution in [0.5, 0.6) is 5.75 Å². The lowest BCUT2D eigenvalue weighted by Gasteiger charge is -2.15. The average molecular weight is 471 g/mol. The average Bonchev–Trinajstić information content (AvgIpc) is 3.21. The van der Waals surface area contributed by atoms with Gasteiger partial charge in [0, 0.05) is 31.9 Å². The van der Waals surface area contributed by atoms with Gasteiger partial charge in [-0.05, 0) is 67.1 Å². The summed E-state index contributed by atoms with van der Waals surface area (Å²) in [7, 11) is 0. The summed E-state index contributed by atoms with van der Waals surface area (Å²) in [6.07, 6.45) is 5.84. The number of hydrogen-bond donors (Lipinski definition) is 1. The van der Waals surface area contributed by atoms with Gasteiger partial charge in [-0.1, -0.05) is 38.1 Å². The number of ether oxygens (including phenoxy) is 1. The van der Waals surface area contributed by atoms with Gasteiger partial charge in [0.1, 0.15) is 11.6 Å². The molecule has 0 aliphatic carbocycles. The van der Waals surface area contributed by atoms with E-state index >= 15 is 0 Å². The van der Waals surface area contributed by atoms with Gasteiger partial charge in [-0.25, -0.2) is 4.98 Å². The smallest absolute Gasteiger partial charge is 0.252 e. The van der Waals surface area contributed by atoms with Gasteiger partial charge >= 0.3 is 0 Å². The van der Waals surface area contributed by atoms with Crippen LogP contribution in [0, 0.1) is 6.92 Å². The molecule has 1 N–H and O–H groups in total. The minimum atomic E-state index is -0.116. The Kier molecular flexibility index (Phi) is 8.14. The predicted molar refractivity (Wildman–Crippen MR) is 140 cm³/mol. The number of nitrogens with one attached hydrogen (secondary N) is 1. The zero-order chi connectivity index (χ0) is 24.6. The lowest BCUT2D eigenvalue weighted by molar-refractivity contribution is 0.0953. The van der Waals surface area contributed by atoms with Gasteiger partial charge in [-0.3, -0.25) is 9.78 Å². The fraction of sp³-hybridized carbons (Fsp3) is 0.345. The Bertz CT molecular complexity index is 1260. The maximum atomic E-state index is 12.3. The third-order valence-electron chi connectivity index (χ3n) is 6.12. The van der Waals surface area contributed by atoms with E-state index < -0.39 is 0 Å². The summed E-state index contributed by atoms with van der Waals surface area (Å²) < 4.78 is 8.45. The highest BCUT2D eigenvalue weighted by atomic mass is 16.5. The van der Waals surface area contributed by atoms with Crippen molar-refractivity contribution in [3.8, 4) is 5.75 Å². The van der Waals surface area contributed by atoms with Gasteiger partial charge in [0.2, 0.25) is 0 Å². The fourth-order valence-electron chi connectivity index (χ4n) is 4.25. The number of imidazole rings is 1. The van der Waals surface area contributed by atoms with E-state index in [1.807, 2.05) is 18.2 Å². The van der Waals surface area contributed by atoms with E-state index in [1.54, 1.807) is 24.5 Å². The van der Waals surface area contributed by atoms with E-state index in [2.05, 4.69) is 59.9 Å². The molecular weight excluding hydrogens is 436 g/mol. The zero-order valence-electron chi connectivity index (χ0n) is 20.8. The molecule has 0 atom stereocenters. The Morgan fingerprint density at radius 1 is 1.09 bits per heavy atom. The molecule has 0 saturated heterocycles. The third kappa shape index (κ3) is 6.27. The summed E-state index contributed by atoms with van der Waals surface area (Å²) in [5, 5.41) is 2.98. The van der Waals surface area contributed by atoms with Gasteiger partial charge < -0.3 is 14.6 Å². The number of nitrogens with zero attached hydrogens (tertiary/aromatic N) is 3. The second-order valence-electron chi connectivity index (χ2n) is 9.17. The Morgan fingerprint density at radius 2 is 1.94 bits per heavy atom. The van der Waals surface area contributed by atoms with Gasteiger partial charge in [0.25, 0.3) is 5.91 Å². The molecule has 35 heavy (non-hydrogen) atoms. The van der Waals surface area contributed by atoms with E-state index in [-0.39, 0.29) is 5.91 Å². The first-order valence-corrected chi connectivity index (χ1v) is 12.4. The van der Waals surface area contributed by atoms with E-state index in [1.165, 1.54) is 11.1 Å². The number of pyridine rings is 1. The molecule has 6 nitrogen and oxygen atoms in total. The number of unbranched alkanes of at least 4 members (excludes halogenated alkanes) is 1. The molecule has 4 rings (SSSR count). The Balaban J connectivity index is 1.34. The first-order chi connectivity index (χ1) is 17.0. The SMILES string of the molecule is Cc1ccc(C(C)C)c(OCCCCn2c(CCNC(=O)c3cccnc3)nc3ccccc32)c1. The van der Waals surface area contributed by atoms with E-state index in [0.29, 0.717) is 31.1 Å². The molecular formula is C29H34N4O2. The van der Waals surface area contributed by atoms with Crippen molar-refractivity contribution in [2.45, 2.75) is 52.5 Å². The topological polar surface area (TPSA) is 69.0 Å². The monoisotopic (exact) mass is 470 g/mol. The molecule has 0 radical (unpaired) electrons. The number of amides is 1. The van der Waals surface area contributed by atoms with Crippen LogP contribution in [0.3, 0.4) is 0 Å². The molecule has 2 aromatic heterocycles. The minimum Gasteiger partial charge on any atom is -0.493 e. The summed E-state index contributed by atoms with van der Waals surface area (Å²) in [5.41, 5.74) is 5.15. The standard InChI is InChI=1S/C29H34N4O2/c1-21(2)24-13-12-22(3)19-27(24)35-18-7-6-17-33-26-11-5-4-10-25(26)32-28(33)14-16-31-29(34)23-9-8-15-30-20-23/h4-5,8-13,15,19-21H,6-7,14,16-18H2,1-3H3,(H,31,34). The van der Waals surface area contributed by atoms with Crippen LogP contribution >= 0.6 is 0 Å². The van der Waals surface area contributed by atoms with Crippen molar-refractivity contribution in [3.63, 3.8) is 0 Å². The molecule has 0 aliphatic rings. The number of para-hydroxylation sites is 2. The van der Waals surface area contributed by atoms with Crippen LogP contribution in [0.2, 0.25) is 0 Å². The van der Waals surface area contributed by atoms with E-state index in [0.717, 1.165) is 42.0 Å². The molecule has 2 aromatic carbocycles. The number of aryl methyl sites for hydroxylation is 2. The van der Waals surface area contributed by atoms with E-state index in [9.17, 15) is 4.79 Å². The van der Waals surface area contributed by atoms with Gasteiger partial charge in [0.15, 0.2) is 0 Å². The first kappa shape index (κ1) is 24.5. The van der Waals surface area contributed by atoms with Crippen molar-refractivity contribution >= 4 is 16.9 Å². The maximum absolute atomic E-state index is 12.3. The van der Waals surface area contributed by atoms with Crippen LogP contribution in [0.25, 0.3) is 11.0 Å².